The van der Waals surface area contributed by atoms with Crippen LogP contribution in [0.25, 0.3) is 0 Å². The van der Waals surface area contributed by atoms with Crippen LogP contribution in [0.15, 0.2) is 48.5 Å². The molecule has 0 radical (unpaired) electrons. The third kappa shape index (κ3) is 5.23. The van der Waals surface area contributed by atoms with Crippen LogP contribution in [0.1, 0.15) is 27.6 Å². The highest BCUT2D eigenvalue weighted by Crippen LogP contribution is 2.16. The zero-order valence-electron chi connectivity index (χ0n) is 14.2. The zero-order chi connectivity index (χ0) is 18.9. The minimum absolute atomic E-state index is 0.165. The van der Waals surface area contributed by atoms with Gasteiger partial charge in [0.2, 0.25) is 0 Å². The van der Waals surface area contributed by atoms with Crippen LogP contribution in [0.4, 0.5) is 0 Å². The van der Waals surface area contributed by atoms with E-state index in [1.165, 1.54) is 12.1 Å². The Morgan fingerprint density at radius 2 is 1.65 bits per heavy atom. The topological polar surface area (TPSA) is 120 Å². The van der Waals surface area contributed by atoms with Crippen LogP contribution in [0, 0.1) is 0 Å². The normalized spacial score (nSPS) is 9.88. The molecule has 3 amide bonds. The summed E-state index contributed by atoms with van der Waals surface area (Å²) in [5.74, 6) is -0.908. The Hall–Kier alpha value is -3.55. The van der Waals surface area contributed by atoms with Gasteiger partial charge in [-0.15, -0.1) is 0 Å². The van der Waals surface area contributed by atoms with Gasteiger partial charge >= 0.3 is 0 Å². The van der Waals surface area contributed by atoms with Gasteiger partial charge in [-0.3, -0.25) is 25.2 Å². The van der Waals surface area contributed by atoms with Crippen LogP contribution in [0.2, 0.25) is 0 Å². The summed E-state index contributed by atoms with van der Waals surface area (Å²) >= 11 is 0. The number of hydrogen-bond donors (Lipinski definition) is 3. The Kier molecular flexibility index (Phi) is 6.55. The van der Waals surface area contributed by atoms with Gasteiger partial charge in [-0.2, -0.15) is 0 Å². The number of rotatable bonds is 7. The summed E-state index contributed by atoms with van der Waals surface area (Å²) in [5, 5.41) is 0. The van der Waals surface area contributed by atoms with E-state index in [1.807, 2.05) is 6.92 Å². The quantitative estimate of drug-likeness (QED) is 0.639. The second-order valence-electron chi connectivity index (χ2n) is 5.11. The van der Waals surface area contributed by atoms with Gasteiger partial charge in [-0.25, -0.2) is 0 Å². The van der Waals surface area contributed by atoms with Gasteiger partial charge in [0.1, 0.15) is 11.5 Å². The number of para-hydroxylation sites is 1. The summed E-state index contributed by atoms with van der Waals surface area (Å²) in [4.78, 5) is 35.0. The first kappa shape index (κ1) is 18.8. The minimum atomic E-state index is -0.662. The highest BCUT2D eigenvalue weighted by Gasteiger charge is 2.11. The van der Waals surface area contributed by atoms with Gasteiger partial charge in [0.05, 0.1) is 12.2 Å². The van der Waals surface area contributed by atoms with Crippen LogP contribution in [0.5, 0.6) is 11.5 Å². The standard InChI is InChI=1S/C18H19N3O5/c1-2-25-13-9-7-12(8-10-13)18(24)21-20-16(22)11-26-15-6-4-3-5-14(15)17(19)23/h3-10H,2,11H2,1H3,(H2,19,23)(H,20,22)(H,21,24). The Labute approximate surface area is 150 Å². The number of hydrazine groups is 1. The molecule has 0 aliphatic heterocycles. The van der Waals surface area contributed by atoms with Gasteiger partial charge < -0.3 is 15.2 Å². The van der Waals surface area contributed by atoms with Crippen molar-refractivity contribution in [1.29, 1.82) is 0 Å². The van der Waals surface area contributed by atoms with Crippen LogP contribution in [0.3, 0.4) is 0 Å². The number of benzene rings is 2. The minimum Gasteiger partial charge on any atom is -0.494 e. The fourth-order valence-electron chi connectivity index (χ4n) is 2.04. The third-order valence-corrected chi connectivity index (χ3v) is 3.25. The van der Waals surface area contributed by atoms with Crippen LogP contribution >= 0.6 is 0 Å². The summed E-state index contributed by atoms with van der Waals surface area (Å²) in [5.41, 5.74) is 10.3. The first-order valence-corrected chi connectivity index (χ1v) is 7.85. The number of ether oxygens (including phenoxy) is 2. The van der Waals surface area contributed by atoms with Crippen molar-refractivity contribution in [3.63, 3.8) is 0 Å². The molecule has 0 aromatic heterocycles. The average molecular weight is 357 g/mol. The maximum atomic E-state index is 12.0. The molecule has 4 N–H and O–H groups in total. The lowest BCUT2D eigenvalue weighted by Gasteiger charge is -2.11. The van der Waals surface area contributed by atoms with E-state index < -0.39 is 24.3 Å². The molecule has 0 saturated carbocycles. The largest absolute Gasteiger partial charge is 0.494 e. The Morgan fingerprint density at radius 1 is 0.962 bits per heavy atom. The fourth-order valence-corrected chi connectivity index (χ4v) is 2.04. The van der Waals surface area contributed by atoms with E-state index in [4.69, 9.17) is 15.2 Å². The van der Waals surface area contributed by atoms with E-state index in [-0.39, 0.29) is 11.3 Å². The Bertz CT molecular complexity index is 790. The first-order valence-electron chi connectivity index (χ1n) is 7.85. The molecule has 8 nitrogen and oxygen atoms in total. The van der Waals surface area contributed by atoms with E-state index >= 15 is 0 Å². The van der Waals surface area contributed by atoms with Crippen molar-refractivity contribution >= 4 is 17.7 Å². The SMILES string of the molecule is CCOc1ccc(C(=O)NNC(=O)COc2ccccc2C(N)=O)cc1. The zero-order valence-corrected chi connectivity index (χ0v) is 14.2. The highest BCUT2D eigenvalue weighted by atomic mass is 16.5. The number of carbonyl (C=O) groups excluding carboxylic acids is 3. The van der Waals surface area contributed by atoms with Crippen molar-refractivity contribution < 1.29 is 23.9 Å². The van der Waals surface area contributed by atoms with E-state index in [1.54, 1.807) is 36.4 Å². The predicted molar refractivity (Wildman–Crippen MR) is 93.7 cm³/mol. The molecule has 0 atom stereocenters. The second kappa shape index (κ2) is 9.07. The molecule has 2 aromatic carbocycles. The molecule has 0 unspecified atom stereocenters. The van der Waals surface area contributed by atoms with E-state index in [2.05, 4.69) is 10.9 Å². The summed E-state index contributed by atoms with van der Waals surface area (Å²) in [6.45, 7) is 1.99. The lowest BCUT2D eigenvalue weighted by Crippen LogP contribution is -2.43. The van der Waals surface area contributed by atoms with E-state index in [0.717, 1.165) is 0 Å². The Balaban J connectivity index is 1.83. The number of primary amides is 1. The number of nitrogens with one attached hydrogen (secondary N) is 2. The smallest absolute Gasteiger partial charge is 0.276 e. The molecule has 0 bridgehead atoms. The molecule has 2 aromatic rings. The average Bonchev–Trinajstić information content (AvgIpc) is 2.65. The predicted octanol–water partition coefficient (Wildman–Crippen LogP) is 1.02. The lowest BCUT2D eigenvalue weighted by molar-refractivity contribution is -0.123. The molecule has 0 heterocycles. The second-order valence-corrected chi connectivity index (χ2v) is 5.11. The van der Waals surface area contributed by atoms with Crippen LogP contribution < -0.4 is 26.1 Å². The molecule has 136 valence electrons. The van der Waals surface area contributed by atoms with Crippen molar-refractivity contribution in [3.05, 3.63) is 59.7 Å². The molecular formula is C18H19N3O5. The maximum absolute atomic E-state index is 12.0. The van der Waals surface area contributed by atoms with Crippen molar-refractivity contribution in [2.24, 2.45) is 5.73 Å². The molecule has 0 aliphatic rings. The molecule has 2 rings (SSSR count). The number of nitrogens with two attached hydrogens (primary N) is 1. The Morgan fingerprint density at radius 3 is 2.31 bits per heavy atom. The molecular weight excluding hydrogens is 338 g/mol. The highest BCUT2D eigenvalue weighted by molar-refractivity contribution is 5.96. The molecule has 0 spiro atoms. The number of amides is 3. The summed E-state index contributed by atoms with van der Waals surface area (Å²) in [6, 6.07) is 12.7. The summed E-state index contributed by atoms with van der Waals surface area (Å²) in [6.07, 6.45) is 0. The van der Waals surface area contributed by atoms with E-state index in [0.29, 0.717) is 17.9 Å². The number of hydrogen-bond acceptors (Lipinski definition) is 5. The molecule has 0 aliphatic carbocycles. The fraction of sp³-hybridized carbons (Fsp3) is 0.167. The lowest BCUT2D eigenvalue weighted by atomic mass is 10.2. The van der Waals surface area contributed by atoms with E-state index in [9.17, 15) is 14.4 Å². The van der Waals surface area contributed by atoms with Crippen molar-refractivity contribution in [2.75, 3.05) is 13.2 Å². The van der Waals surface area contributed by atoms with Gasteiger partial charge in [-0.05, 0) is 43.3 Å². The van der Waals surface area contributed by atoms with Crippen molar-refractivity contribution in [2.45, 2.75) is 6.92 Å². The van der Waals surface area contributed by atoms with Gasteiger partial charge in [0, 0.05) is 5.56 Å². The van der Waals surface area contributed by atoms with Crippen LogP contribution in [-0.2, 0) is 4.79 Å². The summed E-state index contributed by atoms with van der Waals surface area (Å²) < 4.78 is 10.5. The summed E-state index contributed by atoms with van der Waals surface area (Å²) in [7, 11) is 0. The van der Waals surface area contributed by atoms with Crippen LogP contribution in [-0.4, -0.2) is 30.9 Å². The number of carbonyl (C=O) groups is 3. The van der Waals surface area contributed by atoms with Crippen molar-refractivity contribution in [1.82, 2.24) is 10.9 Å². The van der Waals surface area contributed by atoms with Gasteiger partial charge in [-0.1, -0.05) is 12.1 Å². The molecule has 0 saturated heterocycles. The van der Waals surface area contributed by atoms with Crippen molar-refractivity contribution in [3.8, 4) is 11.5 Å². The monoisotopic (exact) mass is 357 g/mol. The molecule has 26 heavy (non-hydrogen) atoms. The molecule has 0 fully saturated rings. The first-order chi connectivity index (χ1) is 12.5. The third-order valence-electron chi connectivity index (χ3n) is 3.25. The molecule has 8 heteroatoms. The maximum Gasteiger partial charge on any atom is 0.276 e. The van der Waals surface area contributed by atoms with Gasteiger partial charge in [0.15, 0.2) is 6.61 Å². The van der Waals surface area contributed by atoms with Gasteiger partial charge in [0.25, 0.3) is 17.7 Å².